The van der Waals surface area contributed by atoms with Gasteiger partial charge in [-0.2, -0.15) is 0 Å². The number of hydrogen-bond acceptors (Lipinski definition) is 3. The third-order valence-corrected chi connectivity index (χ3v) is 2.35. The highest BCUT2D eigenvalue weighted by molar-refractivity contribution is 5.27. The van der Waals surface area contributed by atoms with E-state index in [1.54, 1.807) is 12.3 Å². The molecule has 92 valence electrons. The second kappa shape index (κ2) is 5.77. The van der Waals surface area contributed by atoms with Crippen LogP contribution in [0.5, 0.6) is 11.6 Å². The van der Waals surface area contributed by atoms with E-state index < -0.39 is 0 Å². The monoisotopic (exact) mass is 245 g/mol. The molecule has 0 saturated heterocycles. The van der Waals surface area contributed by atoms with Crippen molar-refractivity contribution in [2.75, 3.05) is 6.54 Å². The summed E-state index contributed by atoms with van der Waals surface area (Å²) in [5.41, 5.74) is 0.866. The Kier molecular flexibility index (Phi) is 3.86. The van der Waals surface area contributed by atoms with E-state index in [4.69, 9.17) is 9.94 Å². The van der Waals surface area contributed by atoms with Crippen molar-refractivity contribution in [1.29, 1.82) is 0 Å². The van der Waals surface area contributed by atoms with E-state index in [9.17, 15) is 4.91 Å². The number of ether oxygens (including phenoxy) is 1. The molecule has 2 rings (SSSR count). The van der Waals surface area contributed by atoms with Crippen LogP contribution in [0.25, 0.3) is 0 Å². The van der Waals surface area contributed by atoms with Crippen LogP contribution in [-0.4, -0.2) is 21.7 Å². The van der Waals surface area contributed by atoms with Crippen molar-refractivity contribution in [2.24, 2.45) is 0 Å². The summed E-state index contributed by atoms with van der Waals surface area (Å²) in [5.74, 6) is 1.21. The lowest BCUT2D eigenvalue weighted by Crippen LogP contribution is -2.06. The standard InChI is InChI=1S/C13H13N2O3/c16-15(17)9-8-11-6-7-13(14-10-11)18-12-4-2-1-3-5-12/h1-7,10H,8-9H2,(H,16,17)/q+1. The van der Waals surface area contributed by atoms with E-state index in [-0.39, 0.29) is 11.5 Å². The third-order valence-electron chi connectivity index (χ3n) is 2.35. The molecule has 0 aliphatic rings. The van der Waals surface area contributed by atoms with Gasteiger partial charge in [-0.05, 0) is 17.7 Å². The van der Waals surface area contributed by atoms with Gasteiger partial charge < -0.3 is 4.74 Å². The quantitative estimate of drug-likeness (QED) is 0.822. The van der Waals surface area contributed by atoms with E-state index in [1.807, 2.05) is 36.4 Å². The first-order valence-electron chi connectivity index (χ1n) is 5.55. The van der Waals surface area contributed by atoms with Gasteiger partial charge in [-0.25, -0.2) is 10.2 Å². The molecule has 2 aromatic rings. The van der Waals surface area contributed by atoms with Gasteiger partial charge in [0.05, 0.1) is 4.91 Å². The molecule has 5 heteroatoms. The van der Waals surface area contributed by atoms with E-state index in [0.29, 0.717) is 12.3 Å². The molecule has 1 aromatic carbocycles. The molecule has 0 saturated carbocycles. The van der Waals surface area contributed by atoms with Gasteiger partial charge in [-0.3, -0.25) is 0 Å². The molecule has 0 amide bonds. The molecule has 1 N–H and O–H groups in total. The molecule has 0 spiro atoms. The summed E-state index contributed by atoms with van der Waals surface area (Å²) >= 11 is 0. The van der Waals surface area contributed by atoms with Gasteiger partial charge in [0.25, 0.3) is 6.54 Å². The fraction of sp³-hybridized carbons (Fsp3) is 0.154. The molecule has 0 fully saturated rings. The Morgan fingerprint density at radius 2 is 1.94 bits per heavy atom. The van der Waals surface area contributed by atoms with Gasteiger partial charge in [-0.1, -0.05) is 24.3 Å². The molecule has 0 radical (unpaired) electrons. The summed E-state index contributed by atoms with van der Waals surface area (Å²) in [7, 11) is 0. The van der Waals surface area contributed by atoms with Crippen LogP contribution in [0.2, 0.25) is 0 Å². The molecule has 0 bridgehead atoms. The maximum atomic E-state index is 10.4. The number of hydrogen-bond donors (Lipinski definition) is 1. The highest BCUT2D eigenvalue weighted by Gasteiger charge is 2.05. The van der Waals surface area contributed by atoms with Crippen molar-refractivity contribution >= 4 is 0 Å². The second-order valence-electron chi connectivity index (χ2n) is 3.75. The van der Waals surface area contributed by atoms with Crippen molar-refractivity contribution in [2.45, 2.75) is 6.42 Å². The van der Waals surface area contributed by atoms with Crippen LogP contribution in [0.15, 0.2) is 48.7 Å². The van der Waals surface area contributed by atoms with Gasteiger partial charge in [0, 0.05) is 18.7 Å². The predicted octanol–water partition coefficient (Wildman–Crippen LogP) is 2.58. The van der Waals surface area contributed by atoms with E-state index in [0.717, 1.165) is 11.3 Å². The van der Waals surface area contributed by atoms with E-state index in [2.05, 4.69) is 4.98 Å². The third kappa shape index (κ3) is 3.55. The van der Waals surface area contributed by atoms with Crippen molar-refractivity contribution in [3.63, 3.8) is 0 Å². The fourth-order valence-corrected chi connectivity index (χ4v) is 1.45. The summed E-state index contributed by atoms with van der Waals surface area (Å²) in [4.78, 5) is 14.4. The van der Waals surface area contributed by atoms with Crippen molar-refractivity contribution < 1.29 is 14.9 Å². The highest BCUT2D eigenvalue weighted by atomic mass is 16.6. The molecule has 0 atom stereocenters. The minimum atomic E-state index is -0.0889. The Hall–Kier alpha value is -2.43. The van der Waals surface area contributed by atoms with Crippen LogP contribution in [0.3, 0.4) is 0 Å². The number of pyridine rings is 1. The van der Waals surface area contributed by atoms with Crippen LogP contribution in [0.4, 0.5) is 0 Å². The Morgan fingerprint density at radius 3 is 2.56 bits per heavy atom. The first kappa shape index (κ1) is 12.0. The molecule has 0 aliphatic heterocycles. The molecule has 1 aromatic heterocycles. The Bertz CT molecular complexity index is 512. The molecule has 1 heterocycles. The molecular weight excluding hydrogens is 232 g/mol. The summed E-state index contributed by atoms with van der Waals surface area (Å²) in [6, 6.07) is 12.9. The number of para-hydroxylation sites is 1. The Labute approximate surface area is 104 Å². The number of rotatable bonds is 5. The zero-order valence-corrected chi connectivity index (χ0v) is 9.69. The lowest BCUT2D eigenvalue weighted by Gasteiger charge is -2.04. The molecule has 18 heavy (non-hydrogen) atoms. The van der Waals surface area contributed by atoms with Crippen molar-refractivity contribution in [1.82, 2.24) is 4.98 Å². The summed E-state index contributed by atoms with van der Waals surface area (Å²) < 4.78 is 5.53. The fourth-order valence-electron chi connectivity index (χ4n) is 1.45. The Morgan fingerprint density at radius 1 is 1.17 bits per heavy atom. The Balaban J connectivity index is 1.97. The molecule has 5 nitrogen and oxygen atoms in total. The van der Waals surface area contributed by atoms with Gasteiger partial charge in [-0.15, -0.1) is 0 Å². The largest absolute Gasteiger partial charge is 0.439 e. The first-order valence-corrected chi connectivity index (χ1v) is 5.55. The zero-order chi connectivity index (χ0) is 12.8. The summed E-state index contributed by atoms with van der Waals surface area (Å²) in [6.07, 6.45) is 2.07. The lowest BCUT2D eigenvalue weighted by molar-refractivity contribution is -0.790. The lowest BCUT2D eigenvalue weighted by atomic mass is 10.2. The van der Waals surface area contributed by atoms with E-state index in [1.165, 1.54) is 0 Å². The van der Waals surface area contributed by atoms with E-state index >= 15 is 0 Å². The van der Waals surface area contributed by atoms with Crippen LogP contribution >= 0.6 is 0 Å². The topological polar surface area (TPSA) is 62.4 Å². The SMILES string of the molecule is O=[N+](O)CCc1ccc(Oc2ccccc2)nc1. The van der Waals surface area contributed by atoms with Crippen LogP contribution in [0, 0.1) is 4.91 Å². The minimum Gasteiger partial charge on any atom is -0.439 e. The number of nitrogens with zero attached hydrogens (tertiary/aromatic N) is 2. The normalized spacial score (nSPS) is 10.0. The molecule has 0 unspecified atom stereocenters. The van der Waals surface area contributed by atoms with Gasteiger partial charge in [0.2, 0.25) is 10.8 Å². The number of aromatic nitrogens is 1. The van der Waals surface area contributed by atoms with Crippen molar-refractivity contribution in [3.05, 3.63) is 59.1 Å². The second-order valence-corrected chi connectivity index (χ2v) is 3.75. The molecular formula is C13H13N2O3+. The van der Waals surface area contributed by atoms with Crippen molar-refractivity contribution in [3.8, 4) is 11.6 Å². The zero-order valence-electron chi connectivity index (χ0n) is 9.69. The summed E-state index contributed by atoms with van der Waals surface area (Å²) in [5, 5.41) is 8.50. The number of benzene rings is 1. The summed E-state index contributed by atoms with van der Waals surface area (Å²) in [6.45, 7) is 0.0283. The van der Waals surface area contributed by atoms with Gasteiger partial charge >= 0.3 is 0 Å². The smallest absolute Gasteiger partial charge is 0.252 e. The molecule has 0 aliphatic carbocycles. The average Bonchev–Trinajstić information content (AvgIpc) is 2.39. The maximum Gasteiger partial charge on any atom is 0.252 e. The van der Waals surface area contributed by atoms with Crippen LogP contribution < -0.4 is 4.74 Å². The minimum absolute atomic E-state index is 0.0283. The van der Waals surface area contributed by atoms with Gasteiger partial charge in [0.15, 0.2) is 0 Å². The van der Waals surface area contributed by atoms with Gasteiger partial charge in [0.1, 0.15) is 5.75 Å². The predicted molar refractivity (Wildman–Crippen MR) is 64.7 cm³/mol. The van der Waals surface area contributed by atoms with Crippen LogP contribution in [-0.2, 0) is 6.42 Å². The average molecular weight is 245 g/mol. The first-order chi connectivity index (χ1) is 8.74. The van der Waals surface area contributed by atoms with Crippen LogP contribution in [0.1, 0.15) is 5.56 Å². The highest BCUT2D eigenvalue weighted by Crippen LogP contribution is 2.18. The maximum absolute atomic E-state index is 10.4.